The topological polar surface area (TPSA) is 122 Å². The van der Waals surface area contributed by atoms with Crippen LogP contribution in [-0.2, 0) is 14.4 Å². The summed E-state index contributed by atoms with van der Waals surface area (Å²) in [4.78, 5) is 35.2. The van der Waals surface area contributed by atoms with Gasteiger partial charge in [-0.1, -0.05) is 12.8 Å². The number of nitrogens with two attached hydrogens (primary N) is 1. The third-order valence-electron chi connectivity index (χ3n) is 5.10. The Morgan fingerprint density at radius 3 is 2.28 bits per heavy atom. The molecule has 0 aromatic rings. The van der Waals surface area contributed by atoms with Crippen LogP contribution < -0.4 is 16.4 Å². The van der Waals surface area contributed by atoms with E-state index in [1.54, 1.807) is 0 Å². The average Bonchev–Trinajstić information content (AvgIpc) is 2.89. The second kappa shape index (κ2) is 7.23. The Hall–Kier alpha value is -1.77. The standard InChI is InChI=1S/C16H25F2N3O4/c1-9(22)20-11(8-15(18)4-2-3-5-15)14(25)21-16(6-10(17)7-16)12(23)13(19)24/h10-12,23H,2-8H2,1H3,(H2,19,24)(H,20,22)(H,21,25). The molecule has 2 atom stereocenters. The molecule has 5 N–H and O–H groups in total. The summed E-state index contributed by atoms with van der Waals surface area (Å²) in [6.45, 7) is 1.20. The second-order valence-corrected chi connectivity index (χ2v) is 7.27. The van der Waals surface area contributed by atoms with Crippen LogP contribution in [0.1, 0.15) is 51.9 Å². The van der Waals surface area contributed by atoms with Crippen LogP contribution in [0.25, 0.3) is 0 Å². The van der Waals surface area contributed by atoms with Gasteiger partial charge in [0.05, 0.1) is 5.54 Å². The lowest BCUT2D eigenvalue weighted by Gasteiger charge is -2.47. The maximum absolute atomic E-state index is 14.7. The third-order valence-corrected chi connectivity index (χ3v) is 5.10. The number of rotatable bonds is 7. The molecule has 9 heteroatoms. The first kappa shape index (κ1) is 19.6. The fourth-order valence-electron chi connectivity index (χ4n) is 3.76. The van der Waals surface area contributed by atoms with Crippen molar-refractivity contribution in [1.29, 1.82) is 0 Å². The van der Waals surface area contributed by atoms with E-state index in [2.05, 4.69) is 10.6 Å². The molecule has 142 valence electrons. The van der Waals surface area contributed by atoms with Gasteiger partial charge in [0.25, 0.3) is 0 Å². The number of primary amides is 1. The fraction of sp³-hybridized carbons (Fsp3) is 0.812. The maximum atomic E-state index is 14.7. The van der Waals surface area contributed by atoms with Crippen molar-refractivity contribution < 1.29 is 28.3 Å². The highest BCUT2D eigenvalue weighted by Crippen LogP contribution is 2.39. The van der Waals surface area contributed by atoms with Crippen molar-refractivity contribution in [2.75, 3.05) is 0 Å². The Kier molecular flexibility index (Phi) is 5.65. The minimum Gasteiger partial charge on any atom is -0.381 e. The van der Waals surface area contributed by atoms with Gasteiger partial charge in [-0.05, 0) is 12.8 Å². The van der Waals surface area contributed by atoms with Crippen LogP contribution >= 0.6 is 0 Å². The minimum atomic E-state index is -1.76. The van der Waals surface area contributed by atoms with E-state index in [-0.39, 0.29) is 19.3 Å². The van der Waals surface area contributed by atoms with E-state index < -0.39 is 47.2 Å². The number of amides is 3. The van der Waals surface area contributed by atoms with Crippen LogP contribution in [-0.4, -0.2) is 52.4 Å². The number of carbonyl (C=O) groups excluding carboxylic acids is 3. The molecule has 3 amide bonds. The van der Waals surface area contributed by atoms with Gasteiger partial charge in [-0.25, -0.2) is 8.78 Å². The molecule has 2 unspecified atom stereocenters. The summed E-state index contributed by atoms with van der Waals surface area (Å²) >= 11 is 0. The summed E-state index contributed by atoms with van der Waals surface area (Å²) in [5, 5.41) is 14.8. The lowest BCUT2D eigenvalue weighted by atomic mass is 9.70. The Labute approximate surface area is 144 Å². The summed E-state index contributed by atoms with van der Waals surface area (Å²) < 4.78 is 28.1. The van der Waals surface area contributed by atoms with Crippen molar-refractivity contribution in [2.45, 2.75) is 81.4 Å². The molecule has 0 aliphatic heterocycles. The van der Waals surface area contributed by atoms with Gasteiger partial charge >= 0.3 is 0 Å². The quantitative estimate of drug-likeness (QED) is 0.510. The van der Waals surface area contributed by atoms with Gasteiger partial charge < -0.3 is 21.5 Å². The van der Waals surface area contributed by atoms with Gasteiger partial charge in [0.2, 0.25) is 17.7 Å². The van der Waals surface area contributed by atoms with Crippen LogP contribution in [0.3, 0.4) is 0 Å². The van der Waals surface area contributed by atoms with Gasteiger partial charge in [-0.3, -0.25) is 14.4 Å². The molecule has 0 aromatic carbocycles. The number of aliphatic hydroxyl groups excluding tert-OH is 1. The number of hydrogen-bond donors (Lipinski definition) is 4. The van der Waals surface area contributed by atoms with Crippen LogP contribution in [0.4, 0.5) is 8.78 Å². The van der Waals surface area contributed by atoms with E-state index >= 15 is 0 Å². The van der Waals surface area contributed by atoms with Crippen LogP contribution in [0.15, 0.2) is 0 Å². The molecular formula is C16H25F2N3O4. The van der Waals surface area contributed by atoms with Gasteiger partial charge in [0.1, 0.15) is 17.9 Å². The fourth-order valence-corrected chi connectivity index (χ4v) is 3.76. The predicted molar refractivity (Wildman–Crippen MR) is 84.7 cm³/mol. The monoisotopic (exact) mass is 361 g/mol. The Morgan fingerprint density at radius 1 is 1.28 bits per heavy atom. The predicted octanol–water partition coefficient (Wildman–Crippen LogP) is -0.00340. The largest absolute Gasteiger partial charge is 0.381 e. The summed E-state index contributed by atoms with van der Waals surface area (Å²) in [7, 11) is 0. The van der Waals surface area contributed by atoms with Gasteiger partial charge in [0, 0.05) is 26.2 Å². The molecule has 0 radical (unpaired) electrons. The second-order valence-electron chi connectivity index (χ2n) is 7.27. The van der Waals surface area contributed by atoms with Crippen LogP contribution in [0.5, 0.6) is 0 Å². The van der Waals surface area contributed by atoms with E-state index in [9.17, 15) is 28.3 Å². The maximum Gasteiger partial charge on any atom is 0.248 e. The number of alkyl halides is 2. The molecule has 7 nitrogen and oxygen atoms in total. The van der Waals surface area contributed by atoms with Crippen molar-refractivity contribution in [3.05, 3.63) is 0 Å². The van der Waals surface area contributed by atoms with Crippen molar-refractivity contribution >= 4 is 17.7 Å². The highest BCUT2D eigenvalue weighted by molar-refractivity contribution is 5.89. The number of nitrogens with one attached hydrogen (secondary N) is 2. The van der Waals surface area contributed by atoms with Gasteiger partial charge in [-0.2, -0.15) is 0 Å². The zero-order chi connectivity index (χ0) is 18.8. The van der Waals surface area contributed by atoms with E-state index in [1.165, 1.54) is 6.92 Å². The Morgan fingerprint density at radius 2 is 1.84 bits per heavy atom. The first-order chi connectivity index (χ1) is 11.6. The highest BCUT2D eigenvalue weighted by atomic mass is 19.1. The van der Waals surface area contributed by atoms with Crippen molar-refractivity contribution in [3.8, 4) is 0 Å². The lowest BCUT2D eigenvalue weighted by molar-refractivity contribution is -0.143. The normalized spacial score (nSPS) is 30.0. The zero-order valence-electron chi connectivity index (χ0n) is 14.2. The number of aliphatic hydroxyl groups is 1. The summed E-state index contributed by atoms with van der Waals surface area (Å²) in [5.74, 6) is -2.35. The number of hydrogen-bond acceptors (Lipinski definition) is 4. The minimum absolute atomic E-state index is 0.208. The first-order valence-electron chi connectivity index (χ1n) is 8.46. The molecule has 0 aromatic heterocycles. The molecule has 0 saturated heterocycles. The number of halogens is 2. The average molecular weight is 361 g/mol. The molecule has 0 spiro atoms. The van der Waals surface area contributed by atoms with E-state index in [1.807, 2.05) is 0 Å². The van der Waals surface area contributed by atoms with Gasteiger partial charge in [0.15, 0.2) is 6.10 Å². The van der Waals surface area contributed by atoms with Crippen molar-refractivity contribution in [1.82, 2.24) is 10.6 Å². The van der Waals surface area contributed by atoms with Crippen molar-refractivity contribution in [2.24, 2.45) is 5.73 Å². The third kappa shape index (κ3) is 4.45. The van der Waals surface area contributed by atoms with Crippen LogP contribution in [0.2, 0.25) is 0 Å². The van der Waals surface area contributed by atoms with Gasteiger partial charge in [-0.15, -0.1) is 0 Å². The first-order valence-corrected chi connectivity index (χ1v) is 8.46. The molecule has 0 bridgehead atoms. The summed E-state index contributed by atoms with van der Waals surface area (Å²) in [6.07, 6.45) is -1.76. The molecule has 2 aliphatic rings. The molecule has 2 saturated carbocycles. The Bertz CT molecular complexity index is 545. The Balaban J connectivity index is 2.12. The smallest absolute Gasteiger partial charge is 0.248 e. The van der Waals surface area contributed by atoms with Crippen molar-refractivity contribution in [3.63, 3.8) is 0 Å². The lowest BCUT2D eigenvalue weighted by Crippen LogP contribution is -2.70. The highest BCUT2D eigenvalue weighted by Gasteiger charge is 2.54. The zero-order valence-corrected chi connectivity index (χ0v) is 14.2. The summed E-state index contributed by atoms with van der Waals surface area (Å²) in [5.41, 5.74) is 2.00. The molecule has 2 aliphatic carbocycles. The van der Waals surface area contributed by atoms with E-state index in [0.29, 0.717) is 25.7 Å². The molecule has 25 heavy (non-hydrogen) atoms. The molecular weight excluding hydrogens is 336 g/mol. The summed E-state index contributed by atoms with van der Waals surface area (Å²) in [6, 6.07) is -1.17. The van der Waals surface area contributed by atoms with E-state index in [4.69, 9.17) is 5.73 Å². The molecule has 0 heterocycles. The SMILES string of the molecule is CC(=O)NC(CC1(F)CCCC1)C(=O)NC1(C(O)C(N)=O)CC(F)C1. The number of carbonyl (C=O) groups is 3. The van der Waals surface area contributed by atoms with E-state index in [0.717, 1.165) is 0 Å². The molecule has 2 rings (SSSR count). The van der Waals surface area contributed by atoms with Crippen LogP contribution in [0, 0.1) is 0 Å². The molecule has 2 fully saturated rings.